The fourth-order valence-corrected chi connectivity index (χ4v) is 4.49. The molecule has 0 atom stereocenters. The molecule has 33 heavy (non-hydrogen) atoms. The molecule has 4 rings (SSSR count). The Labute approximate surface area is 198 Å². The summed E-state index contributed by atoms with van der Waals surface area (Å²) in [5.74, 6) is 0. The highest BCUT2D eigenvalue weighted by Gasteiger charge is 2.16. The zero-order valence-electron chi connectivity index (χ0n) is 19.7. The first-order valence-corrected chi connectivity index (χ1v) is 11.4. The molecular weight excluding hydrogens is 398 g/mol. The lowest BCUT2D eigenvalue weighted by atomic mass is 9.87. The van der Waals surface area contributed by atoms with E-state index >= 15 is 0 Å². The van der Waals surface area contributed by atoms with Crippen LogP contribution in [0.25, 0.3) is 28.3 Å². The van der Waals surface area contributed by atoms with Crippen molar-refractivity contribution in [2.45, 2.75) is 27.2 Å². The van der Waals surface area contributed by atoms with Crippen LogP contribution < -0.4 is 5.73 Å². The van der Waals surface area contributed by atoms with Crippen molar-refractivity contribution in [3.05, 3.63) is 131 Å². The van der Waals surface area contributed by atoms with Crippen molar-refractivity contribution in [1.29, 1.82) is 0 Å². The van der Waals surface area contributed by atoms with E-state index in [0.29, 0.717) is 0 Å². The molecule has 1 aliphatic carbocycles. The number of anilines is 1. The van der Waals surface area contributed by atoms with Gasteiger partial charge in [0, 0.05) is 11.3 Å². The van der Waals surface area contributed by atoms with E-state index in [4.69, 9.17) is 5.73 Å². The van der Waals surface area contributed by atoms with Gasteiger partial charge in [0.25, 0.3) is 0 Å². The average Bonchev–Trinajstić information content (AvgIpc) is 3.23. The standard InChI is InChI=1S/C32H31N/c1-5-6-13-25(28-16-10-12-24(4)32(28)27-15-9-11-23(27)3)21-26-19-18-22(2)20-30(26)29-14-7-8-17-31(29)33/h5-10,12-21H,1,11,33H2,2-4H3/b13-6-,25-21+. The number of benzene rings is 3. The van der Waals surface area contributed by atoms with Crippen LogP contribution in [0.2, 0.25) is 0 Å². The van der Waals surface area contributed by atoms with Crippen molar-refractivity contribution in [1.82, 2.24) is 0 Å². The molecule has 1 aliphatic rings. The minimum atomic E-state index is 0.786. The summed E-state index contributed by atoms with van der Waals surface area (Å²) in [5.41, 5.74) is 19.4. The van der Waals surface area contributed by atoms with Crippen LogP contribution in [0.3, 0.4) is 0 Å². The molecule has 0 fully saturated rings. The molecule has 0 heterocycles. The predicted octanol–water partition coefficient (Wildman–Crippen LogP) is 8.57. The van der Waals surface area contributed by atoms with E-state index in [-0.39, 0.29) is 0 Å². The Kier molecular flexibility index (Phi) is 6.60. The van der Waals surface area contributed by atoms with Crippen LogP contribution >= 0.6 is 0 Å². The summed E-state index contributed by atoms with van der Waals surface area (Å²) in [5, 5.41) is 0. The van der Waals surface area contributed by atoms with Crippen molar-refractivity contribution in [3.63, 3.8) is 0 Å². The van der Waals surface area contributed by atoms with Crippen LogP contribution in [0.1, 0.15) is 41.2 Å². The van der Waals surface area contributed by atoms with Gasteiger partial charge < -0.3 is 5.73 Å². The second kappa shape index (κ2) is 9.75. The minimum Gasteiger partial charge on any atom is -0.398 e. The molecule has 0 radical (unpaired) electrons. The molecule has 0 unspecified atom stereocenters. The molecule has 0 aromatic heterocycles. The van der Waals surface area contributed by atoms with Crippen LogP contribution in [-0.4, -0.2) is 0 Å². The normalized spacial score (nSPS) is 13.8. The molecule has 0 amide bonds. The molecule has 0 bridgehead atoms. The number of aryl methyl sites for hydroxylation is 2. The van der Waals surface area contributed by atoms with E-state index in [1.54, 1.807) is 0 Å². The molecule has 164 valence electrons. The first-order chi connectivity index (χ1) is 16.0. The van der Waals surface area contributed by atoms with Crippen molar-refractivity contribution in [3.8, 4) is 11.1 Å². The van der Waals surface area contributed by atoms with Gasteiger partial charge >= 0.3 is 0 Å². The van der Waals surface area contributed by atoms with Gasteiger partial charge in [-0.15, -0.1) is 0 Å². The second-order valence-corrected chi connectivity index (χ2v) is 8.67. The predicted molar refractivity (Wildman–Crippen MR) is 146 cm³/mol. The van der Waals surface area contributed by atoms with Crippen LogP contribution in [0, 0.1) is 13.8 Å². The Morgan fingerprint density at radius 1 is 0.939 bits per heavy atom. The number of allylic oxidation sites excluding steroid dienone is 8. The SMILES string of the molecule is C=C/C=C\C(=C/c1ccc(C)cc1-c1ccccc1N)c1cccc(C)c1C1=C(C)CC=C1. The highest BCUT2D eigenvalue weighted by Crippen LogP contribution is 2.38. The molecule has 1 nitrogen and oxygen atoms in total. The first-order valence-electron chi connectivity index (χ1n) is 11.4. The molecule has 0 saturated carbocycles. The van der Waals surface area contributed by atoms with Gasteiger partial charge in [-0.2, -0.15) is 0 Å². The Bertz CT molecular complexity index is 1330. The second-order valence-electron chi connectivity index (χ2n) is 8.67. The fraction of sp³-hybridized carbons (Fsp3) is 0.125. The summed E-state index contributed by atoms with van der Waals surface area (Å²) in [6.45, 7) is 10.4. The van der Waals surface area contributed by atoms with E-state index in [9.17, 15) is 0 Å². The molecule has 0 aliphatic heterocycles. The topological polar surface area (TPSA) is 26.0 Å². The Morgan fingerprint density at radius 3 is 2.48 bits per heavy atom. The number of rotatable bonds is 6. The van der Waals surface area contributed by atoms with Gasteiger partial charge in [-0.25, -0.2) is 0 Å². The van der Waals surface area contributed by atoms with E-state index in [1.165, 1.54) is 33.4 Å². The van der Waals surface area contributed by atoms with Gasteiger partial charge in [-0.3, -0.25) is 0 Å². The third-order valence-electron chi connectivity index (χ3n) is 6.20. The van der Waals surface area contributed by atoms with Gasteiger partial charge in [0.2, 0.25) is 0 Å². The summed E-state index contributed by atoms with van der Waals surface area (Å²) in [6.07, 6.45) is 13.8. The third kappa shape index (κ3) is 4.68. The zero-order chi connectivity index (χ0) is 23.4. The van der Waals surface area contributed by atoms with Crippen molar-refractivity contribution in [2.24, 2.45) is 0 Å². The molecule has 0 spiro atoms. The quantitative estimate of drug-likeness (QED) is 0.237. The van der Waals surface area contributed by atoms with Crippen LogP contribution in [-0.2, 0) is 0 Å². The highest BCUT2D eigenvalue weighted by atomic mass is 14.6. The number of para-hydroxylation sites is 1. The lowest BCUT2D eigenvalue weighted by Gasteiger charge is -2.17. The maximum Gasteiger partial charge on any atom is 0.0393 e. The third-order valence-corrected chi connectivity index (χ3v) is 6.20. The zero-order valence-corrected chi connectivity index (χ0v) is 19.7. The lowest BCUT2D eigenvalue weighted by Crippen LogP contribution is -1.97. The molecule has 3 aromatic carbocycles. The number of nitrogens with two attached hydrogens (primary N) is 1. The monoisotopic (exact) mass is 429 g/mol. The average molecular weight is 430 g/mol. The van der Waals surface area contributed by atoms with E-state index in [1.807, 2.05) is 30.4 Å². The number of hydrogen-bond donors (Lipinski definition) is 1. The van der Waals surface area contributed by atoms with E-state index in [0.717, 1.165) is 34.4 Å². The van der Waals surface area contributed by atoms with Gasteiger partial charge in [0.05, 0.1) is 0 Å². The Morgan fingerprint density at radius 2 is 1.76 bits per heavy atom. The summed E-state index contributed by atoms with van der Waals surface area (Å²) < 4.78 is 0. The Hall–Kier alpha value is -3.84. The molecule has 1 heteroatoms. The maximum absolute atomic E-state index is 6.37. The van der Waals surface area contributed by atoms with E-state index in [2.05, 4.69) is 94.1 Å². The van der Waals surface area contributed by atoms with Gasteiger partial charge in [-0.1, -0.05) is 103 Å². The van der Waals surface area contributed by atoms with Gasteiger partial charge in [-0.05, 0) is 78.3 Å². The van der Waals surface area contributed by atoms with Gasteiger partial charge in [0.1, 0.15) is 0 Å². The van der Waals surface area contributed by atoms with Crippen LogP contribution in [0.15, 0.2) is 103 Å². The minimum absolute atomic E-state index is 0.786. The van der Waals surface area contributed by atoms with Crippen molar-refractivity contribution < 1.29 is 0 Å². The Balaban J connectivity index is 1.97. The number of nitrogen functional groups attached to an aromatic ring is 1. The largest absolute Gasteiger partial charge is 0.398 e. The first kappa shape index (κ1) is 22.4. The van der Waals surface area contributed by atoms with Crippen molar-refractivity contribution in [2.75, 3.05) is 5.73 Å². The van der Waals surface area contributed by atoms with Crippen molar-refractivity contribution >= 4 is 22.9 Å². The molecular formula is C32H31N. The summed E-state index contributed by atoms with van der Waals surface area (Å²) in [7, 11) is 0. The molecule has 2 N–H and O–H groups in total. The summed E-state index contributed by atoms with van der Waals surface area (Å²) in [4.78, 5) is 0. The van der Waals surface area contributed by atoms with Gasteiger partial charge in [0.15, 0.2) is 0 Å². The smallest absolute Gasteiger partial charge is 0.0393 e. The maximum atomic E-state index is 6.37. The van der Waals surface area contributed by atoms with E-state index < -0.39 is 0 Å². The number of hydrogen-bond acceptors (Lipinski definition) is 1. The summed E-state index contributed by atoms with van der Waals surface area (Å²) in [6, 6.07) is 21.2. The lowest BCUT2D eigenvalue weighted by molar-refractivity contribution is 1.25. The molecule has 3 aromatic rings. The van der Waals surface area contributed by atoms with Crippen LogP contribution in [0.4, 0.5) is 5.69 Å². The fourth-order valence-electron chi connectivity index (χ4n) is 4.49. The van der Waals surface area contributed by atoms with Crippen LogP contribution in [0.5, 0.6) is 0 Å². The summed E-state index contributed by atoms with van der Waals surface area (Å²) >= 11 is 0. The molecule has 0 saturated heterocycles. The highest BCUT2D eigenvalue weighted by molar-refractivity contribution is 5.98.